The second kappa shape index (κ2) is 6.72. The van der Waals surface area contributed by atoms with E-state index in [1.807, 2.05) is 6.92 Å². The molecule has 0 aliphatic carbocycles. The Morgan fingerprint density at radius 1 is 1.40 bits per heavy atom. The zero-order valence-corrected chi connectivity index (χ0v) is 12.4. The van der Waals surface area contributed by atoms with Gasteiger partial charge in [-0.2, -0.15) is 0 Å². The number of anilines is 1. The Morgan fingerprint density at radius 2 is 2.05 bits per heavy atom. The molecule has 7 heteroatoms. The molecule has 1 saturated heterocycles. The fourth-order valence-electron chi connectivity index (χ4n) is 2.15. The first-order chi connectivity index (χ1) is 9.52. The first kappa shape index (κ1) is 15.5. The van der Waals surface area contributed by atoms with Crippen molar-refractivity contribution >= 4 is 34.8 Å². The molecule has 2 unspecified atom stereocenters. The second-order valence-electron chi connectivity index (χ2n) is 4.54. The number of amides is 1. The first-order valence-corrected chi connectivity index (χ1v) is 7.05. The van der Waals surface area contributed by atoms with Crippen molar-refractivity contribution in [3.05, 3.63) is 28.0 Å². The van der Waals surface area contributed by atoms with Crippen LogP contribution in [0.5, 0.6) is 0 Å². The molecule has 2 atom stereocenters. The topological polar surface area (TPSA) is 50.4 Å². The molecule has 1 heterocycles. The van der Waals surface area contributed by atoms with E-state index in [0.29, 0.717) is 13.2 Å². The van der Waals surface area contributed by atoms with Crippen LogP contribution in [-0.2, 0) is 9.53 Å². The predicted octanol–water partition coefficient (Wildman–Crippen LogP) is 2.70. The van der Waals surface area contributed by atoms with Gasteiger partial charge in [-0.25, -0.2) is 4.39 Å². The molecule has 1 aliphatic rings. The van der Waals surface area contributed by atoms with Gasteiger partial charge in [-0.1, -0.05) is 30.1 Å². The van der Waals surface area contributed by atoms with Crippen LogP contribution in [0, 0.1) is 11.7 Å². The average Bonchev–Trinajstić information content (AvgIpc) is 2.82. The maximum Gasteiger partial charge on any atom is 0.231 e. The lowest BCUT2D eigenvalue weighted by Gasteiger charge is -2.18. The summed E-state index contributed by atoms with van der Waals surface area (Å²) in [5.74, 6) is -1.12. The third kappa shape index (κ3) is 3.41. The van der Waals surface area contributed by atoms with Crippen molar-refractivity contribution in [3.63, 3.8) is 0 Å². The van der Waals surface area contributed by atoms with Crippen molar-refractivity contribution in [1.29, 1.82) is 0 Å². The van der Waals surface area contributed by atoms with Crippen LogP contribution in [0.3, 0.4) is 0 Å². The lowest BCUT2D eigenvalue weighted by atomic mass is 10.0. The van der Waals surface area contributed by atoms with Gasteiger partial charge in [0.05, 0.1) is 34.9 Å². The molecule has 4 nitrogen and oxygen atoms in total. The molecular formula is C13H15Cl2FN2O2. The molecule has 2 rings (SSSR count). The second-order valence-corrected chi connectivity index (χ2v) is 5.36. The van der Waals surface area contributed by atoms with Crippen molar-refractivity contribution in [2.75, 3.05) is 25.1 Å². The van der Waals surface area contributed by atoms with Crippen molar-refractivity contribution in [2.45, 2.75) is 13.0 Å². The third-order valence-electron chi connectivity index (χ3n) is 3.14. The molecule has 1 aromatic rings. The van der Waals surface area contributed by atoms with Gasteiger partial charge in [0.1, 0.15) is 5.82 Å². The lowest BCUT2D eigenvalue weighted by molar-refractivity contribution is -0.120. The van der Waals surface area contributed by atoms with Crippen LogP contribution in [0.25, 0.3) is 0 Å². The van der Waals surface area contributed by atoms with Gasteiger partial charge in [0.25, 0.3) is 0 Å². The van der Waals surface area contributed by atoms with Gasteiger partial charge in [0, 0.05) is 6.04 Å². The highest BCUT2D eigenvalue weighted by atomic mass is 35.5. The van der Waals surface area contributed by atoms with Gasteiger partial charge >= 0.3 is 0 Å². The molecular weight excluding hydrogens is 306 g/mol. The largest absolute Gasteiger partial charge is 0.379 e. The quantitative estimate of drug-likeness (QED) is 0.896. The Morgan fingerprint density at radius 3 is 2.65 bits per heavy atom. The standard InChI is InChI=1S/C13H15Cl2FN2O2/c1-2-17-11-6-20-5-8(11)13(19)18-12-9(14)3-7(16)4-10(12)15/h3-4,8,11,17H,2,5-6H2,1H3,(H,18,19). The summed E-state index contributed by atoms with van der Waals surface area (Å²) in [7, 11) is 0. The number of hydrogen-bond donors (Lipinski definition) is 2. The van der Waals surface area contributed by atoms with E-state index in [-0.39, 0.29) is 33.6 Å². The summed E-state index contributed by atoms with van der Waals surface area (Å²) in [5.41, 5.74) is 0.224. The molecule has 1 aromatic carbocycles. The molecule has 0 radical (unpaired) electrons. The Kier molecular flexibility index (Phi) is 5.21. The van der Waals surface area contributed by atoms with Crippen LogP contribution in [-0.4, -0.2) is 31.7 Å². The van der Waals surface area contributed by atoms with Crippen LogP contribution in [0.1, 0.15) is 6.92 Å². The Hall–Kier alpha value is -0.880. The summed E-state index contributed by atoms with van der Waals surface area (Å²) >= 11 is 11.8. The highest BCUT2D eigenvalue weighted by Gasteiger charge is 2.34. The minimum atomic E-state index is -0.548. The Balaban J connectivity index is 2.12. The highest BCUT2D eigenvalue weighted by Crippen LogP contribution is 2.32. The van der Waals surface area contributed by atoms with Gasteiger partial charge < -0.3 is 15.4 Å². The van der Waals surface area contributed by atoms with E-state index in [9.17, 15) is 9.18 Å². The van der Waals surface area contributed by atoms with E-state index >= 15 is 0 Å². The van der Waals surface area contributed by atoms with E-state index in [4.69, 9.17) is 27.9 Å². The molecule has 2 N–H and O–H groups in total. The number of nitrogens with one attached hydrogen (secondary N) is 2. The lowest BCUT2D eigenvalue weighted by Crippen LogP contribution is -2.41. The zero-order valence-electron chi connectivity index (χ0n) is 10.9. The Bertz CT molecular complexity index is 490. The van der Waals surface area contributed by atoms with E-state index < -0.39 is 5.82 Å². The minimum absolute atomic E-state index is 0.0435. The van der Waals surface area contributed by atoms with E-state index in [2.05, 4.69) is 10.6 Å². The molecule has 110 valence electrons. The monoisotopic (exact) mass is 320 g/mol. The molecule has 1 amide bonds. The van der Waals surface area contributed by atoms with Gasteiger partial charge in [-0.3, -0.25) is 4.79 Å². The van der Waals surface area contributed by atoms with Crippen molar-refractivity contribution < 1.29 is 13.9 Å². The maximum absolute atomic E-state index is 13.1. The summed E-state index contributed by atoms with van der Waals surface area (Å²) in [6, 6.07) is 2.17. The van der Waals surface area contributed by atoms with Crippen LogP contribution in [0.15, 0.2) is 12.1 Å². The number of hydrogen-bond acceptors (Lipinski definition) is 3. The number of rotatable bonds is 4. The SMILES string of the molecule is CCNC1COCC1C(=O)Nc1c(Cl)cc(F)cc1Cl. The van der Waals surface area contributed by atoms with Crippen molar-refractivity contribution in [3.8, 4) is 0 Å². The van der Waals surface area contributed by atoms with Crippen molar-refractivity contribution in [2.24, 2.45) is 5.92 Å². The average molecular weight is 321 g/mol. The third-order valence-corrected chi connectivity index (χ3v) is 3.73. The normalized spacial score (nSPS) is 22.0. The number of ether oxygens (including phenoxy) is 1. The molecule has 1 fully saturated rings. The fourth-order valence-corrected chi connectivity index (χ4v) is 2.71. The maximum atomic E-state index is 13.1. The smallest absolute Gasteiger partial charge is 0.231 e. The predicted molar refractivity (Wildman–Crippen MR) is 76.8 cm³/mol. The van der Waals surface area contributed by atoms with Gasteiger partial charge in [-0.05, 0) is 18.7 Å². The molecule has 0 saturated carbocycles. The molecule has 20 heavy (non-hydrogen) atoms. The summed E-state index contributed by atoms with van der Waals surface area (Å²) in [5, 5.41) is 5.98. The van der Waals surface area contributed by atoms with Gasteiger partial charge in [0.2, 0.25) is 5.91 Å². The van der Waals surface area contributed by atoms with Crippen molar-refractivity contribution in [1.82, 2.24) is 5.32 Å². The number of likely N-dealkylation sites (N-methyl/N-ethyl adjacent to an activating group) is 1. The van der Waals surface area contributed by atoms with Crippen LogP contribution in [0.4, 0.5) is 10.1 Å². The highest BCUT2D eigenvalue weighted by molar-refractivity contribution is 6.39. The number of halogens is 3. The summed E-state index contributed by atoms with van der Waals surface area (Å²) in [6.45, 7) is 3.52. The zero-order chi connectivity index (χ0) is 14.7. The Labute approximate surface area is 126 Å². The molecule has 0 spiro atoms. The minimum Gasteiger partial charge on any atom is -0.379 e. The molecule has 1 aliphatic heterocycles. The fraction of sp³-hybridized carbons (Fsp3) is 0.462. The number of carbonyl (C=O) groups is 1. The van der Waals surface area contributed by atoms with Crippen LogP contribution < -0.4 is 10.6 Å². The number of carbonyl (C=O) groups excluding carboxylic acids is 1. The molecule has 0 bridgehead atoms. The van der Waals surface area contributed by atoms with Gasteiger partial charge in [0.15, 0.2) is 0 Å². The summed E-state index contributed by atoms with van der Waals surface area (Å²) in [6.07, 6.45) is 0. The number of benzene rings is 1. The van der Waals surface area contributed by atoms with Gasteiger partial charge in [-0.15, -0.1) is 0 Å². The van der Waals surface area contributed by atoms with E-state index in [1.165, 1.54) is 0 Å². The molecule has 0 aromatic heterocycles. The first-order valence-electron chi connectivity index (χ1n) is 6.29. The summed E-state index contributed by atoms with van der Waals surface area (Å²) < 4.78 is 18.4. The van der Waals surface area contributed by atoms with E-state index in [1.54, 1.807) is 0 Å². The van der Waals surface area contributed by atoms with Crippen LogP contribution in [0.2, 0.25) is 10.0 Å². The van der Waals surface area contributed by atoms with E-state index in [0.717, 1.165) is 18.7 Å². The van der Waals surface area contributed by atoms with Crippen LogP contribution >= 0.6 is 23.2 Å². The summed E-state index contributed by atoms with van der Waals surface area (Å²) in [4.78, 5) is 12.2.